The second kappa shape index (κ2) is 13.0. The molecule has 1 aliphatic carbocycles. The Balaban J connectivity index is 1.66. The van der Waals surface area contributed by atoms with E-state index in [0.29, 0.717) is 12.3 Å². The van der Waals surface area contributed by atoms with Crippen LogP contribution in [-0.4, -0.2) is 41.7 Å². The highest BCUT2D eigenvalue weighted by atomic mass is 79.9. The minimum atomic E-state index is -0.543. The second-order valence-corrected chi connectivity index (χ2v) is 10.4. The SMILES string of the molecule is COc1cccc(CN(C(=O)CSCc2ccc(Br)cc2)[C@@H](C)C(=O)NC2CCCCC2)c1. The van der Waals surface area contributed by atoms with E-state index in [1.54, 1.807) is 23.8 Å². The van der Waals surface area contributed by atoms with Crippen molar-refractivity contribution in [2.24, 2.45) is 0 Å². The molecule has 2 amide bonds. The number of rotatable bonds is 10. The van der Waals surface area contributed by atoms with Gasteiger partial charge < -0.3 is 15.0 Å². The number of nitrogens with zero attached hydrogens (tertiary/aromatic N) is 1. The first-order valence-electron chi connectivity index (χ1n) is 11.5. The summed E-state index contributed by atoms with van der Waals surface area (Å²) < 4.78 is 6.37. The number of carbonyl (C=O) groups excluding carboxylic acids is 2. The first kappa shape index (κ1) is 25.6. The van der Waals surface area contributed by atoms with Crippen molar-refractivity contribution in [3.05, 3.63) is 64.1 Å². The molecule has 5 nitrogen and oxygen atoms in total. The first-order valence-corrected chi connectivity index (χ1v) is 13.5. The van der Waals surface area contributed by atoms with Crippen molar-refractivity contribution in [1.82, 2.24) is 10.2 Å². The van der Waals surface area contributed by atoms with Gasteiger partial charge in [0.15, 0.2) is 0 Å². The lowest BCUT2D eigenvalue weighted by atomic mass is 9.95. The van der Waals surface area contributed by atoms with Crippen LogP contribution < -0.4 is 10.1 Å². The van der Waals surface area contributed by atoms with Crippen LogP contribution in [0.5, 0.6) is 5.75 Å². The van der Waals surface area contributed by atoms with E-state index in [4.69, 9.17) is 4.74 Å². The van der Waals surface area contributed by atoms with Gasteiger partial charge in [0.2, 0.25) is 11.8 Å². The number of amides is 2. The van der Waals surface area contributed by atoms with Crippen molar-refractivity contribution in [3.8, 4) is 5.75 Å². The Morgan fingerprint density at radius 1 is 1.12 bits per heavy atom. The zero-order valence-corrected chi connectivity index (χ0v) is 21.8. The molecule has 0 heterocycles. The molecule has 7 heteroatoms. The van der Waals surface area contributed by atoms with Gasteiger partial charge in [0.1, 0.15) is 11.8 Å². The number of ether oxygens (including phenoxy) is 1. The molecular formula is C26H33BrN2O3S. The fraction of sp³-hybridized carbons (Fsp3) is 0.462. The number of nitrogens with one attached hydrogen (secondary N) is 1. The summed E-state index contributed by atoms with van der Waals surface area (Å²) in [6, 6.07) is 15.5. The number of hydrogen-bond acceptors (Lipinski definition) is 4. The Bertz CT molecular complexity index is 916. The molecule has 3 rings (SSSR count). The van der Waals surface area contributed by atoms with E-state index in [2.05, 4.69) is 33.4 Å². The predicted octanol–water partition coefficient (Wildman–Crippen LogP) is 5.56. The molecule has 1 atom stereocenters. The highest BCUT2D eigenvalue weighted by Gasteiger charge is 2.28. The van der Waals surface area contributed by atoms with E-state index < -0.39 is 6.04 Å². The molecule has 0 unspecified atom stereocenters. The highest BCUT2D eigenvalue weighted by molar-refractivity contribution is 9.10. The summed E-state index contributed by atoms with van der Waals surface area (Å²) >= 11 is 5.02. The number of hydrogen-bond donors (Lipinski definition) is 1. The third-order valence-corrected chi connectivity index (χ3v) is 7.53. The van der Waals surface area contributed by atoms with Gasteiger partial charge in [-0.15, -0.1) is 11.8 Å². The molecule has 0 bridgehead atoms. The third-order valence-electron chi connectivity index (χ3n) is 6.01. The lowest BCUT2D eigenvalue weighted by Crippen LogP contribution is -2.50. The van der Waals surface area contributed by atoms with E-state index in [0.717, 1.165) is 47.2 Å². The maximum Gasteiger partial charge on any atom is 0.242 e. The molecule has 0 aromatic heterocycles. The number of benzene rings is 2. The summed E-state index contributed by atoms with van der Waals surface area (Å²) in [5, 5.41) is 3.18. The number of halogens is 1. The monoisotopic (exact) mass is 532 g/mol. The number of thioether (sulfide) groups is 1. The summed E-state index contributed by atoms with van der Waals surface area (Å²) in [7, 11) is 1.63. The van der Waals surface area contributed by atoms with Gasteiger partial charge in [-0.2, -0.15) is 0 Å². The average Bonchev–Trinajstić information content (AvgIpc) is 2.84. The van der Waals surface area contributed by atoms with E-state index in [1.165, 1.54) is 12.0 Å². The van der Waals surface area contributed by atoms with Crippen LogP contribution in [0.15, 0.2) is 53.0 Å². The van der Waals surface area contributed by atoms with Crippen LogP contribution in [0.2, 0.25) is 0 Å². The lowest BCUT2D eigenvalue weighted by Gasteiger charge is -2.31. The van der Waals surface area contributed by atoms with Gasteiger partial charge in [0.25, 0.3) is 0 Å². The van der Waals surface area contributed by atoms with Crippen LogP contribution in [0.1, 0.15) is 50.2 Å². The Hall–Kier alpha value is -1.99. The molecular weight excluding hydrogens is 500 g/mol. The molecule has 2 aromatic rings. The average molecular weight is 534 g/mol. The molecule has 0 spiro atoms. The van der Waals surface area contributed by atoms with Crippen LogP contribution >= 0.6 is 27.7 Å². The largest absolute Gasteiger partial charge is 0.497 e. The van der Waals surface area contributed by atoms with Gasteiger partial charge in [0, 0.05) is 22.8 Å². The van der Waals surface area contributed by atoms with Crippen molar-refractivity contribution < 1.29 is 14.3 Å². The van der Waals surface area contributed by atoms with Crippen molar-refractivity contribution in [3.63, 3.8) is 0 Å². The Morgan fingerprint density at radius 2 is 1.85 bits per heavy atom. The summed E-state index contributed by atoms with van der Waals surface area (Å²) in [5.74, 6) is 1.70. The topological polar surface area (TPSA) is 58.6 Å². The Morgan fingerprint density at radius 3 is 2.55 bits per heavy atom. The molecule has 1 aliphatic rings. The van der Waals surface area contributed by atoms with Gasteiger partial charge in [-0.1, -0.05) is 59.5 Å². The summed E-state index contributed by atoms with van der Waals surface area (Å²) in [5.41, 5.74) is 2.11. The summed E-state index contributed by atoms with van der Waals surface area (Å²) in [6.07, 6.45) is 5.57. The fourth-order valence-electron chi connectivity index (χ4n) is 4.04. The lowest BCUT2D eigenvalue weighted by molar-refractivity contribution is -0.139. The standard InChI is InChI=1S/C26H33BrN2O3S/c1-19(26(31)28-23-8-4-3-5-9-23)29(16-21-7-6-10-24(15-21)32-2)25(30)18-33-17-20-11-13-22(27)14-12-20/h6-7,10-15,19,23H,3-5,8-9,16-18H2,1-2H3,(H,28,31)/t19-/m0/s1. The molecule has 0 radical (unpaired) electrons. The van der Waals surface area contributed by atoms with Gasteiger partial charge in [-0.3, -0.25) is 9.59 Å². The quantitative estimate of drug-likeness (QED) is 0.435. The van der Waals surface area contributed by atoms with E-state index in [-0.39, 0.29) is 17.9 Å². The van der Waals surface area contributed by atoms with Crippen molar-refractivity contribution >= 4 is 39.5 Å². The highest BCUT2D eigenvalue weighted by Crippen LogP contribution is 2.21. The van der Waals surface area contributed by atoms with Crippen LogP contribution in [-0.2, 0) is 21.9 Å². The third kappa shape index (κ3) is 8.07. The smallest absolute Gasteiger partial charge is 0.242 e. The molecule has 0 aliphatic heterocycles. The van der Waals surface area contributed by atoms with Gasteiger partial charge >= 0.3 is 0 Å². The molecule has 0 saturated heterocycles. The van der Waals surface area contributed by atoms with Crippen LogP contribution in [0.25, 0.3) is 0 Å². The van der Waals surface area contributed by atoms with Gasteiger partial charge in [-0.05, 0) is 55.2 Å². The number of carbonyl (C=O) groups is 2. The van der Waals surface area contributed by atoms with E-state index in [1.807, 2.05) is 43.3 Å². The summed E-state index contributed by atoms with van der Waals surface area (Å²) in [6.45, 7) is 2.20. The van der Waals surface area contributed by atoms with E-state index >= 15 is 0 Å². The maximum atomic E-state index is 13.3. The molecule has 1 fully saturated rings. The molecule has 33 heavy (non-hydrogen) atoms. The van der Waals surface area contributed by atoms with Crippen LogP contribution in [0.3, 0.4) is 0 Å². The Kier molecular flexibility index (Phi) is 10.1. The van der Waals surface area contributed by atoms with E-state index in [9.17, 15) is 9.59 Å². The Labute approximate surface area is 209 Å². The minimum absolute atomic E-state index is 0.0359. The molecule has 1 N–H and O–H groups in total. The number of methoxy groups -OCH3 is 1. The van der Waals surface area contributed by atoms with Gasteiger partial charge in [-0.25, -0.2) is 0 Å². The van der Waals surface area contributed by atoms with Crippen molar-refractivity contribution in [1.29, 1.82) is 0 Å². The predicted molar refractivity (Wildman–Crippen MR) is 138 cm³/mol. The van der Waals surface area contributed by atoms with Crippen LogP contribution in [0.4, 0.5) is 0 Å². The molecule has 178 valence electrons. The maximum absolute atomic E-state index is 13.3. The zero-order chi connectivity index (χ0) is 23.6. The normalized spacial score (nSPS) is 15.0. The fourth-order valence-corrected chi connectivity index (χ4v) is 5.17. The van der Waals surface area contributed by atoms with Gasteiger partial charge in [0.05, 0.1) is 12.9 Å². The minimum Gasteiger partial charge on any atom is -0.497 e. The molecule has 2 aromatic carbocycles. The second-order valence-electron chi connectivity index (χ2n) is 8.51. The zero-order valence-electron chi connectivity index (χ0n) is 19.4. The summed E-state index contributed by atoms with van der Waals surface area (Å²) in [4.78, 5) is 28.0. The van der Waals surface area contributed by atoms with Crippen LogP contribution in [0, 0.1) is 0 Å². The van der Waals surface area contributed by atoms with Crippen molar-refractivity contribution in [2.45, 2.75) is 63.4 Å². The van der Waals surface area contributed by atoms with Crippen molar-refractivity contribution in [2.75, 3.05) is 12.9 Å². The molecule has 1 saturated carbocycles. The first-order chi connectivity index (χ1) is 16.0.